The van der Waals surface area contributed by atoms with Gasteiger partial charge < -0.3 is 35.0 Å². The summed E-state index contributed by atoms with van der Waals surface area (Å²) in [7, 11) is 0. The fourth-order valence-electron chi connectivity index (χ4n) is 2.16. The van der Waals surface area contributed by atoms with E-state index in [-0.39, 0.29) is 12.4 Å². The highest BCUT2D eigenvalue weighted by molar-refractivity contribution is 5.25. The lowest BCUT2D eigenvalue weighted by atomic mass is 9.99. The lowest BCUT2D eigenvalue weighted by Gasteiger charge is -2.39. The molecule has 1 aromatic carbocycles. The Balaban J connectivity index is 1.85. The van der Waals surface area contributed by atoms with Gasteiger partial charge in [0.25, 0.3) is 0 Å². The van der Waals surface area contributed by atoms with Crippen molar-refractivity contribution in [1.29, 1.82) is 0 Å². The van der Waals surface area contributed by atoms with Gasteiger partial charge in [0.15, 0.2) is 6.29 Å². The molecule has 0 unspecified atom stereocenters. The van der Waals surface area contributed by atoms with Crippen molar-refractivity contribution in [2.45, 2.75) is 37.1 Å². The van der Waals surface area contributed by atoms with Gasteiger partial charge in [0, 0.05) is 0 Å². The average Bonchev–Trinajstić information content (AvgIpc) is 2.49. The summed E-state index contributed by atoms with van der Waals surface area (Å²) in [6, 6.07) is 6.60. The number of aromatic hydroxyl groups is 1. The molecule has 5 N–H and O–H groups in total. The molecule has 0 radical (unpaired) electrons. The molecule has 1 aliphatic heterocycles. The monoisotopic (exact) mass is 300 g/mol. The smallest absolute Gasteiger partial charge is 0.186 e. The molecule has 0 bridgehead atoms. The highest BCUT2D eigenvalue weighted by atomic mass is 16.7. The second-order valence-corrected chi connectivity index (χ2v) is 4.98. The first-order chi connectivity index (χ1) is 10.0. The maximum absolute atomic E-state index is 9.78. The largest absolute Gasteiger partial charge is 0.508 e. The normalized spacial score (nSPS) is 33.0. The second kappa shape index (κ2) is 7.17. The maximum atomic E-state index is 9.78. The van der Waals surface area contributed by atoms with Crippen LogP contribution in [0.2, 0.25) is 0 Å². The molecule has 0 aromatic heterocycles. The van der Waals surface area contributed by atoms with Crippen LogP contribution in [0.3, 0.4) is 0 Å². The van der Waals surface area contributed by atoms with Gasteiger partial charge in [-0.05, 0) is 24.1 Å². The van der Waals surface area contributed by atoms with E-state index in [9.17, 15) is 20.4 Å². The van der Waals surface area contributed by atoms with Gasteiger partial charge >= 0.3 is 0 Å². The number of aliphatic hydroxyl groups is 4. The predicted octanol–water partition coefficient (Wildman–Crippen LogP) is -1.25. The number of phenols is 1. The molecule has 21 heavy (non-hydrogen) atoms. The SMILES string of the molecule is OC[C@@H]1O[C@@H](OCCc2ccc(O)cc2)[C@@H](O)[C@H](O)[C@@H]1O. The van der Waals surface area contributed by atoms with Crippen LogP contribution in [0.25, 0.3) is 0 Å². The van der Waals surface area contributed by atoms with Crippen molar-refractivity contribution < 1.29 is 35.0 Å². The van der Waals surface area contributed by atoms with E-state index in [0.29, 0.717) is 6.42 Å². The van der Waals surface area contributed by atoms with E-state index in [0.717, 1.165) is 5.56 Å². The van der Waals surface area contributed by atoms with Crippen LogP contribution in [-0.4, -0.2) is 69.5 Å². The van der Waals surface area contributed by atoms with Crippen LogP contribution in [0.1, 0.15) is 5.56 Å². The Morgan fingerprint density at radius 3 is 2.29 bits per heavy atom. The first-order valence-electron chi connectivity index (χ1n) is 6.73. The van der Waals surface area contributed by atoms with Crippen LogP contribution in [-0.2, 0) is 15.9 Å². The predicted molar refractivity (Wildman–Crippen MR) is 71.5 cm³/mol. The summed E-state index contributed by atoms with van der Waals surface area (Å²) in [5, 5.41) is 47.3. The topological polar surface area (TPSA) is 120 Å². The van der Waals surface area contributed by atoms with Gasteiger partial charge in [-0.15, -0.1) is 0 Å². The molecule has 1 aromatic rings. The first-order valence-corrected chi connectivity index (χ1v) is 6.73. The standard InChI is InChI=1S/C14H20O7/c15-7-10-11(17)12(18)13(19)14(21-10)20-6-5-8-1-3-9(16)4-2-8/h1-4,10-19H,5-7H2/t10-,11+,12+,13-,14+/m0/s1. The quantitative estimate of drug-likeness (QED) is 0.461. The minimum Gasteiger partial charge on any atom is -0.508 e. The van der Waals surface area contributed by atoms with Gasteiger partial charge in [-0.25, -0.2) is 0 Å². The Bertz CT molecular complexity index is 433. The molecule has 118 valence electrons. The number of ether oxygens (including phenoxy) is 2. The molecule has 5 atom stereocenters. The van der Waals surface area contributed by atoms with Gasteiger partial charge in [0.2, 0.25) is 0 Å². The Morgan fingerprint density at radius 1 is 1.00 bits per heavy atom. The van der Waals surface area contributed by atoms with E-state index >= 15 is 0 Å². The number of hydrogen-bond donors (Lipinski definition) is 5. The lowest BCUT2D eigenvalue weighted by molar-refractivity contribution is -0.300. The summed E-state index contributed by atoms with van der Waals surface area (Å²) in [5.41, 5.74) is 0.928. The van der Waals surface area contributed by atoms with Crippen LogP contribution in [0.5, 0.6) is 5.75 Å². The highest BCUT2D eigenvalue weighted by Gasteiger charge is 2.43. The fraction of sp³-hybridized carbons (Fsp3) is 0.571. The van der Waals surface area contributed by atoms with Crippen LogP contribution >= 0.6 is 0 Å². The van der Waals surface area contributed by atoms with Crippen LogP contribution in [0.15, 0.2) is 24.3 Å². The van der Waals surface area contributed by atoms with E-state index < -0.39 is 37.3 Å². The molecule has 0 spiro atoms. The number of phenolic OH excluding ortho intramolecular Hbond substituents is 1. The third-order valence-electron chi connectivity index (χ3n) is 3.46. The zero-order valence-corrected chi connectivity index (χ0v) is 11.4. The zero-order chi connectivity index (χ0) is 15.4. The lowest BCUT2D eigenvalue weighted by Crippen LogP contribution is -2.59. The van der Waals surface area contributed by atoms with Gasteiger partial charge in [-0.2, -0.15) is 0 Å². The number of benzene rings is 1. The average molecular weight is 300 g/mol. The molecule has 1 fully saturated rings. The molecule has 7 nitrogen and oxygen atoms in total. The summed E-state index contributed by atoms with van der Waals surface area (Å²) >= 11 is 0. The fourth-order valence-corrected chi connectivity index (χ4v) is 2.16. The maximum Gasteiger partial charge on any atom is 0.186 e. The van der Waals surface area contributed by atoms with E-state index in [1.165, 1.54) is 0 Å². The van der Waals surface area contributed by atoms with E-state index in [1.54, 1.807) is 24.3 Å². The molecule has 0 saturated carbocycles. The molecule has 7 heteroatoms. The van der Waals surface area contributed by atoms with Crippen LogP contribution < -0.4 is 0 Å². The second-order valence-electron chi connectivity index (χ2n) is 4.98. The van der Waals surface area contributed by atoms with E-state index in [4.69, 9.17) is 14.6 Å². The van der Waals surface area contributed by atoms with E-state index in [1.807, 2.05) is 0 Å². The highest BCUT2D eigenvalue weighted by Crippen LogP contribution is 2.22. The Hall–Kier alpha value is -1.22. The Morgan fingerprint density at radius 2 is 1.67 bits per heavy atom. The summed E-state index contributed by atoms with van der Waals surface area (Å²) in [6.45, 7) is -0.268. The number of rotatable bonds is 5. The third-order valence-corrected chi connectivity index (χ3v) is 3.46. The van der Waals surface area contributed by atoms with Crippen molar-refractivity contribution in [3.05, 3.63) is 29.8 Å². The summed E-state index contributed by atoms with van der Waals surface area (Å²) in [6.07, 6.45) is -5.77. The number of aliphatic hydroxyl groups excluding tert-OH is 4. The van der Waals surface area contributed by atoms with Gasteiger partial charge in [0.1, 0.15) is 30.2 Å². The van der Waals surface area contributed by atoms with Crippen LogP contribution in [0.4, 0.5) is 0 Å². The molecule has 1 aliphatic rings. The molecular formula is C14H20O7. The first kappa shape index (κ1) is 16.2. The van der Waals surface area contributed by atoms with Crippen molar-refractivity contribution in [2.75, 3.05) is 13.2 Å². The summed E-state index contributed by atoms with van der Waals surface area (Å²) in [5.74, 6) is 0.175. The molecule has 2 rings (SSSR count). The third kappa shape index (κ3) is 3.91. The molecule has 0 aliphatic carbocycles. The molecule has 1 heterocycles. The molecule has 1 saturated heterocycles. The van der Waals surface area contributed by atoms with Crippen molar-refractivity contribution in [1.82, 2.24) is 0 Å². The van der Waals surface area contributed by atoms with E-state index in [2.05, 4.69) is 0 Å². The molecular weight excluding hydrogens is 280 g/mol. The van der Waals surface area contributed by atoms with Crippen molar-refractivity contribution in [3.63, 3.8) is 0 Å². The summed E-state index contributed by atoms with van der Waals surface area (Å²) < 4.78 is 10.6. The summed E-state index contributed by atoms with van der Waals surface area (Å²) in [4.78, 5) is 0. The van der Waals surface area contributed by atoms with Crippen molar-refractivity contribution >= 4 is 0 Å². The molecule has 0 amide bonds. The van der Waals surface area contributed by atoms with Crippen LogP contribution in [0, 0.1) is 0 Å². The Kier molecular flexibility index (Phi) is 5.51. The van der Waals surface area contributed by atoms with Crippen molar-refractivity contribution in [2.24, 2.45) is 0 Å². The number of hydrogen-bond acceptors (Lipinski definition) is 7. The Labute approximate surface area is 122 Å². The van der Waals surface area contributed by atoms with Gasteiger partial charge in [0.05, 0.1) is 13.2 Å². The minimum atomic E-state index is -1.44. The minimum absolute atomic E-state index is 0.175. The van der Waals surface area contributed by atoms with Crippen molar-refractivity contribution in [3.8, 4) is 5.75 Å². The van der Waals surface area contributed by atoms with Gasteiger partial charge in [-0.1, -0.05) is 12.1 Å². The van der Waals surface area contributed by atoms with Gasteiger partial charge in [-0.3, -0.25) is 0 Å². The zero-order valence-electron chi connectivity index (χ0n) is 11.4.